The van der Waals surface area contributed by atoms with Crippen LogP contribution in [0.4, 0.5) is 5.69 Å². The van der Waals surface area contributed by atoms with E-state index in [-0.39, 0.29) is 24.9 Å². The van der Waals surface area contributed by atoms with E-state index in [1.54, 1.807) is 32.9 Å². The predicted molar refractivity (Wildman–Crippen MR) is 75.8 cm³/mol. The Labute approximate surface area is 122 Å². The average Bonchev–Trinajstić information content (AvgIpc) is 2.35. The van der Waals surface area contributed by atoms with E-state index in [1.807, 2.05) is 0 Å². The molecule has 0 bridgehead atoms. The lowest BCUT2D eigenvalue weighted by Gasteiger charge is -2.21. The van der Waals surface area contributed by atoms with Crippen molar-refractivity contribution in [2.24, 2.45) is 5.73 Å². The first-order valence-electron chi connectivity index (χ1n) is 6.65. The normalized spacial score (nSPS) is 15.5. The van der Waals surface area contributed by atoms with E-state index in [4.69, 9.17) is 15.2 Å². The van der Waals surface area contributed by atoms with Crippen LogP contribution in [0.5, 0.6) is 5.88 Å². The zero-order chi connectivity index (χ0) is 15.6. The summed E-state index contributed by atoms with van der Waals surface area (Å²) in [5.41, 5.74) is 6.43. The van der Waals surface area contributed by atoms with Gasteiger partial charge in [-0.2, -0.15) is 0 Å². The monoisotopic (exact) mass is 293 g/mol. The van der Waals surface area contributed by atoms with Gasteiger partial charge in [-0.3, -0.25) is 9.59 Å². The molecule has 2 heterocycles. The number of hydrogen-bond acceptors (Lipinski definition) is 6. The van der Waals surface area contributed by atoms with Crippen molar-refractivity contribution in [3.05, 3.63) is 17.8 Å². The fraction of sp³-hybridized carbons (Fsp3) is 0.500. The number of esters is 1. The van der Waals surface area contributed by atoms with Crippen LogP contribution in [0.15, 0.2) is 12.1 Å². The highest BCUT2D eigenvalue weighted by Gasteiger charge is 2.22. The first-order chi connectivity index (χ1) is 9.74. The Morgan fingerprint density at radius 3 is 2.90 bits per heavy atom. The van der Waals surface area contributed by atoms with Crippen LogP contribution in [-0.4, -0.2) is 29.1 Å². The van der Waals surface area contributed by atoms with Crippen LogP contribution in [-0.2, 0) is 14.3 Å². The Bertz CT molecular complexity index is 566. The van der Waals surface area contributed by atoms with Gasteiger partial charge in [0.25, 0.3) is 5.91 Å². The van der Waals surface area contributed by atoms with Gasteiger partial charge in [0, 0.05) is 0 Å². The third kappa shape index (κ3) is 4.16. The van der Waals surface area contributed by atoms with Crippen molar-refractivity contribution in [2.45, 2.75) is 38.8 Å². The highest BCUT2D eigenvalue weighted by molar-refractivity contribution is 5.94. The highest BCUT2D eigenvalue weighted by Crippen LogP contribution is 2.27. The second-order valence-corrected chi connectivity index (χ2v) is 5.82. The number of rotatable bonds is 3. The van der Waals surface area contributed by atoms with E-state index in [9.17, 15) is 9.59 Å². The maximum absolute atomic E-state index is 11.8. The summed E-state index contributed by atoms with van der Waals surface area (Å²) in [6, 6.07) is 2.72. The molecule has 1 aliphatic rings. The van der Waals surface area contributed by atoms with Gasteiger partial charge in [-0.1, -0.05) is 0 Å². The quantitative estimate of drug-likeness (QED) is 0.810. The summed E-state index contributed by atoms with van der Waals surface area (Å²) in [7, 11) is 0. The van der Waals surface area contributed by atoms with Crippen LogP contribution in [0.1, 0.15) is 38.9 Å². The molecule has 2 rings (SSSR count). The fourth-order valence-electron chi connectivity index (χ4n) is 1.85. The average molecular weight is 293 g/mol. The molecule has 1 amide bonds. The van der Waals surface area contributed by atoms with Gasteiger partial charge in [-0.25, -0.2) is 4.98 Å². The first kappa shape index (κ1) is 15.2. The number of carbonyl (C=O) groups excluding carboxylic acids is 2. The van der Waals surface area contributed by atoms with E-state index >= 15 is 0 Å². The second kappa shape index (κ2) is 5.69. The number of nitrogens with zero attached hydrogens (tertiary/aromatic N) is 1. The van der Waals surface area contributed by atoms with Gasteiger partial charge in [-0.05, 0) is 32.9 Å². The highest BCUT2D eigenvalue weighted by atomic mass is 16.6. The number of hydrogen-bond donors (Lipinski definition) is 2. The van der Waals surface area contributed by atoms with Gasteiger partial charge in [0.2, 0.25) is 5.88 Å². The molecule has 1 unspecified atom stereocenters. The van der Waals surface area contributed by atoms with Gasteiger partial charge < -0.3 is 20.5 Å². The Morgan fingerprint density at radius 1 is 1.52 bits per heavy atom. The Balaban J connectivity index is 2.05. The number of amides is 1. The lowest BCUT2D eigenvalue weighted by molar-refractivity contribution is -0.155. The van der Waals surface area contributed by atoms with E-state index in [0.29, 0.717) is 17.3 Å². The Kier molecular flexibility index (Phi) is 4.13. The third-order valence-corrected chi connectivity index (χ3v) is 2.68. The molecule has 0 saturated carbocycles. The van der Waals surface area contributed by atoms with Crippen LogP contribution >= 0.6 is 0 Å². The van der Waals surface area contributed by atoms with E-state index in [2.05, 4.69) is 10.3 Å². The van der Waals surface area contributed by atoms with Gasteiger partial charge in [0.15, 0.2) is 6.61 Å². The number of ether oxygens (including phenoxy) is 2. The first-order valence-corrected chi connectivity index (χ1v) is 6.65. The molecule has 3 N–H and O–H groups in total. The van der Waals surface area contributed by atoms with Gasteiger partial charge in [0.05, 0.1) is 18.2 Å². The summed E-state index contributed by atoms with van der Waals surface area (Å²) in [4.78, 5) is 27.2. The van der Waals surface area contributed by atoms with Crippen molar-refractivity contribution >= 4 is 17.6 Å². The number of nitrogens with two attached hydrogens (primary N) is 1. The molecule has 0 aromatic carbocycles. The molecule has 7 heteroatoms. The summed E-state index contributed by atoms with van der Waals surface area (Å²) in [6.45, 7) is 5.31. The predicted octanol–water partition coefficient (Wildman–Crippen LogP) is 1.14. The van der Waals surface area contributed by atoms with Crippen LogP contribution < -0.4 is 15.8 Å². The molecule has 0 saturated heterocycles. The minimum Gasteiger partial charge on any atom is -0.466 e. The van der Waals surface area contributed by atoms with Crippen molar-refractivity contribution in [2.75, 3.05) is 11.9 Å². The van der Waals surface area contributed by atoms with Crippen molar-refractivity contribution in [1.29, 1.82) is 0 Å². The molecular formula is C14H19N3O4. The standard InChI is InChI=1S/C14H19N3O4/c1-14(2,3)21-12(19)6-8(15)9-4-5-10-13(17-9)20-7-11(18)16-10/h4-5,8H,6-7,15H2,1-3H3,(H,16,18). The lowest BCUT2D eigenvalue weighted by atomic mass is 10.1. The minimum absolute atomic E-state index is 0.0232. The Hall–Kier alpha value is -2.15. The number of fused-ring (bicyclic) bond motifs is 1. The molecule has 0 aliphatic carbocycles. The van der Waals surface area contributed by atoms with E-state index in [1.165, 1.54) is 0 Å². The molecule has 0 radical (unpaired) electrons. The number of anilines is 1. The molecule has 0 fully saturated rings. The topological polar surface area (TPSA) is 104 Å². The van der Waals surface area contributed by atoms with Crippen LogP contribution in [0.25, 0.3) is 0 Å². The summed E-state index contributed by atoms with van der Waals surface area (Å²) < 4.78 is 10.4. The van der Waals surface area contributed by atoms with Gasteiger partial charge in [0.1, 0.15) is 11.3 Å². The number of nitrogens with one attached hydrogen (secondary N) is 1. The van der Waals surface area contributed by atoms with Crippen molar-refractivity contribution in [3.8, 4) is 5.88 Å². The molecule has 1 atom stereocenters. The molecular weight excluding hydrogens is 274 g/mol. The molecule has 1 aromatic heterocycles. The van der Waals surface area contributed by atoms with Gasteiger partial charge >= 0.3 is 5.97 Å². The third-order valence-electron chi connectivity index (χ3n) is 2.68. The van der Waals surface area contributed by atoms with Crippen LogP contribution in [0.2, 0.25) is 0 Å². The summed E-state index contributed by atoms with van der Waals surface area (Å²) in [5.74, 6) is -0.300. The number of aromatic nitrogens is 1. The molecule has 21 heavy (non-hydrogen) atoms. The van der Waals surface area contributed by atoms with E-state index < -0.39 is 11.6 Å². The van der Waals surface area contributed by atoms with Crippen molar-refractivity contribution < 1.29 is 19.1 Å². The maximum Gasteiger partial charge on any atom is 0.308 e. The van der Waals surface area contributed by atoms with Crippen molar-refractivity contribution in [3.63, 3.8) is 0 Å². The Morgan fingerprint density at radius 2 is 2.24 bits per heavy atom. The fourth-order valence-corrected chi connectivity index (χ4v) is 1.85. The number of carbonyl (C=O) groups is 2. The molecule has 1 aromatic rings. The van der Waals surface area contributed by atoms with Crippen LogP contribution in [0.3, 0.4) is 0 Å². The summed E-state index contributed by atoms with van der Waals surface area (Å²) in [6.07, 6.45) is 0.0232. The maximum atomic E-state index is 11.8. The zero-order valence-electron chi connectivity index (χ0n) is 12.3. The minimum atomic E-state index is -0.591. The molecule has 1 aliphatic heterocycles. The molecule has 0 spiro atoms. The second-order valence-electron chi connectivity index (χ2n) is 5.82. The SMILES string of the molecule is CC(C)(C)OC(=O)CC(N)c1ccc2c(n1)OCC(=O)N2. The van der Waals surface area contributed by atoms with Crippen molar-refractivity contribution in [1.82, 2.24) is 4.98 Å². The summed E-state index contributed by atoms with van der Waals surface area (Å²) in [5, 5.41) is 2.64. The molecule has 7 nitrogen and oxygen atoms in total. The summed E-state index contributed by atoms with van der Waals surface area (Å²) >= 11 is 0. The number of pyridine rings is 1. The zero-order valence-corrected chi connectivity index (χ0v) is 12.3. The van der Waals surface area contributed by atoms with Gasteiger partial charge in [-0.15, -0.1) is 0 Å². The van der Waals surface area contributed by atoms with E-state index in [0.717, 1.165) is 0 Å². The molecule has 114 valence electrons. The van der Waals surface area contributed by atoms with Crippen LogP contribution in [0, 0.1) is 0 Å². The largest absolute Gasteiger partial charge is 0.466 e. The smallest absolute Gasteiger partial charge is 0.308 e. The lowest BCUT2D eigenvalue weighted by Crippen LogP contribution is -2.28.